The van der Waals surface area contributed by atoms with Gasteiger partial charge in [0.25, 0.3) is 0 Å². The van der Waals surface area contributed by atoms with Crippen molar-refractivity contribution in [3.05, 3.63) is 53.1 Å². The van der Waals surface area contributed by atoms with Crippen molar-refractivity contribution in [2.24, 2.45) is 0 Å². The normalized spacial score (nSPS) is 16.1. The van der Waals surface area contributed by atoms with Gasteiger partial charge in [-0.2, -0.15) is 0 Å². The standard InChI is InChI=1S/C18H14ClF3N2O3S/c19-11-5-6-14-12(7-11)24-17(26)15(28-14)8-16(25)23-9-10-3-1-2-4-13(10)27-18(20,21)22/h1-7,15H,8-9H2,(H,23,25)(H,24,26). The number of para-hydroxylation sites is 1. The Labute approximate surface area is 167 Å². The van der Waals surface area contributed by atoms with Gasteiger partial charge in [-0.05, 0) is 24.3 Å². The van der Waals surface area contributed by atoms with Crippen LogP contribution in [0.4, 0.5) is 18.9 Å². The van der Waals surface area contributed by atoms with Gasteiger partial charge in [-0.1, -0.05) is 29.8 Å². The fourth-order valence-electron chi connectivity index (χ4n) is 2.57. The minimum atomic E-state index is -4.83. The lowest BCUT2D eigenvalue weighted by atomic mass is 10.2. The number of anilines is 1. The Hall–Kier alpha value is -2.39. The Morgan fingerprint density at radius 1 is 1.25 bits per heavy atom. The lowest BCUT2D eigenvalue weighted by Crippen LogP contribution is -2.34. The first-order chi connectivity index (χ1) is 13.2. The molecule has 0 saturated heterocycles. The first-order valence-electron chi connectivity index (χ1n) is 8.09. The highest BCUT2D eigenvalue weighted by atomic mass is 35.5. The van der Waals surface area contributed by atoms with Crippen molar-refractivity contribution in [2.45, 2.75) is 29.5 Å². The predicted molar refractivity (Wildman–Crippen MR) is 99.3 cm³/mol. The molecule has 0 spiro atoms. The molecule has 1 heterocycles. The maximum absolute atomic E-state index is 12.5. The van der Waals surface area contributed by atoms with E-state index in [2.05, 4.69) is 15.4 Å². The zero-order valence-electron chi connectivity index (χ0n) is 14.2. The summed E-state index contributed by atoms with van der Waals surface area (Å²) >= 11 is 7.12. The smallest absolute Gasteiger partial charge is 0.405 e. The first-order valence-corrected chi connectivity index (χ1v) is 9.34. The van der Waals surface area contributed by atoms with Gasteiger partial charge < -0.3 is 15.4 Å². The van der Waals surface area contributed by atoms with Crippen molar-refractivity contribution >= 4 is 40.9 Å². The largest absolute Gasteiger partial charge is 0.573 e. The lowest BCUT2D eigenvalue weighted by Gasteiger charge is -2.24. The van der Waals surface area contributed by atoms with E-state index in [-0.39, 0.29) is 30.2 Å². The monoisotopic (exact) mass is 430 g/mol. The average molecular weight is 431 g/mol. The number of thioether (sulfide) groups is 1. The van der Waals surface area contributed by atoms with E-state index < -0.39 is 17.5 Å². The van der Waals surface area contributed by atoms with Gasteiger partial charge in [-0.15, -0.1) is 24.9 Å². The topological polar surface area (TPSA) is 67.4 Å². The molecule has 5 nitrogen and oxygen atoms in total. The van der Waals surface area contributed by atoms with Crippen LogP contribution in [-0.4, -0.2) is 23.4 Å². The molecule has 0 fully saturated rings. The highest BCUT2D eigenvalue weighted by Crippen LogP contribution is 2.38. The molecule has 10 heteroatoms. The maximum Gasteiger partial charge on any atom is 0.573 e. The van der Waals surface area contributed by atoms with Crippen LogP contribution in [0.15, 0.2) is 47.4 Å². The van der Waals surface area contributed by atoms with E-state index in [1.807, 2.05) is 0 Å². The summed E-state index contributed by atoms with van der Waals surface area (Å²) in [6, 6.07) is 10.6. The Morgan fingerprint density at radius 3 is 2.75 bits per heavy atom. The number of fused-ring (bicyclic) bond motifs is 1. The number of ether oxygens (including phenoxy) is 1. The molecule has 1 aliphatic rings. The zero-order valence-corrected chi connectivity index (χ0v) is 15.8. The summed E-state index contributed by atoms with van der Waals surface area (Å²) in [4.78, 5) is 25.2. The zero-order chi connectivity index (χ0) is 20.3. The number of hydrogen-bond acceptors (Lipinski definition) is 4. The third kappa shape index (κ3) is 5.32. The molecule has 1 unspecified atom stereocenters. The summed E-state index contributed by atoms with van der Waals surface area (Å²) in [6.45, 7) is -0.156. The number of hydrogen-bond donors (Lipinski definition) is 2. The number of rotatable bonds is 5. The molecule has 148 valence electrons. The molecule has 1 aliphatic heterocycles. The van der Waals surface area contributed by atoms with E-state index in [0.717, 1.165) is 4.90 Å². The SMILES string of the molecule is O=C(CC1Sc2ccc(Cl)cc2NC1=O)NCc1ccccc1OC(F)(F)F. The molecule has 0 saturated carbocycles. The lowest BCUT2D eigenvalue weighted by molar-refractivity contribution is -0.274. The quantitative estimate of drug-likeness (QED) is 0.739. The van der Waals surface area contributed by atoms with Gasteiger partial charge in [0.1, 0.15) is 5.75 Å². The number of nitrogens with one attached hydrogen (secondary N) is 2. The van der Waals surface area contributed by atoms with Gasteiger partial charge in [0.05, 0.1) is 10.9 Å². The van der Waals surface area contributed by atoms with Gasteiger partial charge >= 0.3 is 6.36 Å². The van der Waals surface area contributed by atoms with Crippen LogP contribution < -0.4 is 15.4 Å². The molecule has 1 atom stereocenters. The molecule has 0 radical (unpaired) electrons. The second-order valence-corrected chi connectivity index (χ2v) is 7.55. The van der Waals surface area contributed by atoms with Crippen molar-refractivity contribution in [3.63, 3.8) is 0 Å². The minimum Gasteiger partial charge on any atom is -0.405 e. The van der Waals surface area contributed by atoms with E-state index in [1.165, 1.54) is 36.0 Å². The summed E-state index contributed by atoms with van der Waals surface area (Å²) in [7, 11) is 0. The van der Waals surface area contributed by atoms with Gasteiger partial charge in [0.15, 0.2) is 0 Å². The Kier molecular flexibility index (Phi) is 6.04. The second-order valence-electron chi connectivity index (χ2n) is 5.87. The Balaban J connectivity index is 1.60. The Morgan fingerprint density at radius 2 is 2.00 bits per heavy atom. The van der Waals surface area contributed by atoms with Crippen LogP contribution in [0.5, 0.6) is 5.75 Å². The summed E-state index contributed by atoms with van der Waals surface area (Å²) in [5.74, 6) is -1.19. The highest BCUT2D eigenvalue weighted by Gasteiger charge is 2.32. The van der Waals surface area contributed by atoms with Crippen molar-refractivity contribution < 1.29 is 27.5 Å². The summed E-state index contributed by atoms with van der Waals surface area (Å²) in [5.41, 5.74) is 0.756. The molecule has 0 aliphatic carbocycles. The van der Waals surface area contributed by atoms with Crippen LogP contribution in [0.25, 0.3) is 0 Å². The molecule has 2 amide bonds. The first kappa shape index (κ1) is 20.3. The van der Waals surface area contributed by atoms with Crippen LogP contribution in [-0.2, 0) is 16.1 Å². The molecular weight excluding hydrogens is 417 g/mol. The number of amides is 2. The van der Waals surface area contributed by atoms with Gasteiger partial charge in [-0.25, -0.2) is 0 Å². The molecule has 2 N–H and O–H groups in total. The Bertz CT molecular complexity index is 908. The van der Waals surface area contributed by atoms with Crippen LogP contribution in [0, 0.1) is 0 Å². The number of benzene rings is 2. The molecule has 2 aromatic rings. The van der Waals surface area contributed by atoms with E-state index in [9.17, 15) is 22.8 Å². The third-order valence-electron chi connectivity index (χ3n) is 3.81. The van der Waals surface area contributed by atoms with E-state index >= 15 is 0 Å². The highest BCUT2D eigenvalue weighted by molar-refractivity contribution is 8.01. The van der Waals surface area contributed by atoms with E-state index in [0.29, 0.717) is 10.7 Å². The molecular formula is C18H14ClF3N2O3S. The van der Waals surface area contributed by atoms with Crippen molar-refractivity contribution in [1.82, 2.24) is 5.32 Å². The minimum absolute atomic E-state index is 0.124. The second kappa shape index (κ2) is 8.32. The van der Waals surface area contributed by atoms with Gasteiger partial charge in [0, 0.05) is 28.4 Å². The number of carbonyl (C=O) groups is 2. The van der Waals surface area contributed by atoms with Crippen LogP contribution in [0.3, 0.4) is 0 Å². The van der Waals surface area contributed by atoms with Crippen LogP contribution >= 0.6 is 23.4 Å². The molecule has 0 bridgehead atoms. The van der Waals surface area contributed by atoms with Gasteiger partial charge in [0.2, 0.25) is 11.8 Å². The summed E-state index contributed by atoms with van der Waals surface area (Å²) in [5, 5.41) is 5.05. The molecule has 0 aromatic heterocycles. The van der Waals surface area contributed by atoms with Crippen LogP contribution in [0.2, 0.25) is 5.02 Å². The van der Waals surface area contributed by atoms with Gasteiger partial charge in [-0.3, -0.25) is 9.59 Å². The number of carbonyl (C=O) groups excluding carboxylic acids is 2. The predicted octanol–water partition coefficient (Wildman–Crippen LogP) is 4.36. The van der Waals surface area contributed by atoms with Crippen molar-refractivity contribution in [3.8, 4) is 5.75 Å². The maximum atomic E-state index is 12.5. The van der Waals surface area contributed by atoms with Crippen molar-refractivity contribution in [2.75, 3.05) is 5.32 Å². The molecule has 2 aromatic carbocycles. The average Bonchev–Trinajstić information content (AvgIpc) is 2.60. The third-order valence-corrected chi connectivity index (χ3v) is 5.32. The van der Waals surface area contributed by atoms with E-state index in [4.69, 9.17) is 11.6 Å². The number of halogens is 4. The molecule has 3 rings (SSSR count). The van der Waals surface area contributed by atoms with E-state index in [1.54, 1.807) is 18.2 Å². The molecule has 28 heavy (non-hydrogen) atoms. The summed E-state index contributed by atoms with van der Waals surface area (Å²) < 4.78 is 41.3. The van der Waals surface area contributed by atoms with Crippen molar-refractivity contribution in [1.29, 1.82) is 0 Å². The fourth-order valence-corrected chi connectivity index (χ4v) is 3.83. The van der Waals surface area contributed by atoms with Crippen LogP contribution in [0.1, 0.15) is 12.0 Å². The number of alkyl halides is 3. The fraction of sp³-hybridized carbons (Fsp3) is 0.222. The summed E-state index contributed by atoms with van der Waals surface area (Å²) in [6.07, 6.45) is -4.95.